The Kier molecular flexibility index (Phi) is 9.29. The fraction of sp³-hybridized carbons (Fsp3) is 0.333. The minimum atomic E-state index is -4.91. The summed E-state index contributed by atoms with van der Waals surface area (Å²) in [6.45, 7) is 1.53. The number of carbonyl (C=O) groups excluding carboxylic acids is 3. The van der Waals surface area contributed by atoms with Gasteiger partial charge in [0.1, 0.15) is 6.20 Å². The van der Waals surface area contributed by atoms with Crippen LogP contribution in [0.5, 0.6) is 0 Å². The lowest BCUT2D eigenvalue weighted by Gasteiger charge is -2.36. The first kappa shape index (κ1) is 34.5. The number of aliphatic hydroxyl groups is 1. The molecular formula is C30H28ClF3N10O6. The van der Waals surface area contributed by atoms with Crippen molar-refractivity contribution >= 4 is 40.7 Å². The summed E-state index contributed by atoms with van der Waals surface area (Å²) in [5, 5.41) is 29.9. The Labute approximate surface area is 285 Å². The van der Waals surface area contributed by atoms with Crippen molar-refractivity contribution in [3.05, 3.63) is 81.1 Å². The zero-order valence-electron chi connectivity index (χ0n) is 26.1. The summed E-state index contributed by atoms with van der Waals surface area (Å²) in [4.78, 5) is 60.4. The molecule has 0 radical (unpaired) electrons. The number of carbonyl (C=O) groups is 3. The smallest absolute Gasteiger partial charge is 0.392 e. The first-order chi connectivity index (χ1) is 23.7. The van der Waals surface area contributed by atoms with Crippen LogP contribution >= 0.6 is 11.6 Å². The second kappa shape index (κ2) is 13.5. The van der Waals surface area contributed by atoms with Crippen molar-refractivity contribution in [2.24, 2.45) is 7.05 Å². The zero-order valence-corrected chi connectivity index (χ0v) is 26.9. The van der Waals surface area contributed by atoms with E-state index in [9.17, 15) is 42.8 Å². The van der Waals surface area contributed by atoms with Gasteiger partial charge in [0, 0.05) is 57.7 Å². The zero-order chi connectivity index (χ0) is 35.9. The number of hydrogen-bond acceptors (Lipinski definition) is 10. The van der Waals surface area contributed by atoms with Gasteiger partial charge in [-0.1, -0.05) is 11.6 Å². The number of imidazole rings is 1. The maximum atomic E-state index is 14.0. The molecule has 2 fully saturated rings. The van der Waals surface area contributed by atoms with Gasteiger partial charge < -0.3 is 30.1 Å². The molecule has 4 aromatic rings. The molecule has 2 aliphatic heterocycles. The number of rotatable bonds is 7. The van der Waals surface area contributed by atoms with E-state index in [2.05, 4.69) is 25.7 Å². The quantitative estimate of drug-likeness (QED) is 0.189. The molecule has 1 aromatic carbocycles. The molecule has 16 nitrogen and oxygen atoms in total. The van der Waals surface area contributed by atoms with E-state index in [0.717, 1.165) is 40.0 Å². The third-order valence-corrected chi connectivity index (χ3v) is 8.68. The van der Waals surface area contributed by atoms with Gasteiger partial charge in [-0.15, -0.1) is 0 Å². The molecule has 3 N–H and O–H groups in total. The Bertz CT molecular complexity index is 1970. The predicted octanol–water partition coefficient (Wildman–Crippen LogP) is 2.51. The molecule has 2 atom stereocenters. The molecule has 2 aliphatic rings. The number of hydrogen-bond donors (Lipinski definition) is 3. The maximum Gasteiger partial charge on any atom is 0.435 e. The molecule has 0 bridgehead atoms. The summed E-state index contributed by atoms with van der Waals surface area (Å²) in [7, 11) is 1.34. The van der Waals surface area contributed by atoms with Gasteiger partial charge >= 0.3 is 6.18 Å². The summed E-state index contributed by atoms with van der Waals surface area (Å²) in [6.07, 6.45) is -2.15. The van der Waals surface area contributed by atoms with E-state index in [4.69, 9.17) is 11.6 Å². The van der Waals surface area contributed by atoms with E-state index >= 15 is 0 Å². The fourth-order valence-electron chi connectivity index (χ4n) is 5.76. The van der Waals surface area contributed by atoms with Crippen LogP contribution in [0.3, 0.4) is 0 Å². The monoisotopic (exact) mass is 716 g/mol. The number of nitro groups is 1. The Morgan fingerprint density at radius 2 is 1.80 bits per heavy atom. The lowest BCUT2D eigenvalue weighted by molar-refractivity contribution is -0.385. The molecule has 5 heterocycles. The van der Waals surface area contributed by atoms with E-state index in [1.54, 1.807) is 9.80 Å². The lowest BCUT2D eigenvalue weighted by Crippen LogP contribution is -2.54. The van der Waals surface area contributed by atoms with Crippen LogP contribution in [0.25, 0.3) is 17.1 Å². The normalized spacial score (nSPS) is 18.0. The van der Waals surface area contributed by atoms with Crippen LogP contribution in [0.15, 0.2) is 48.9 Å². The number of benzene rings is 1. The average molecular weight is 717 g/mol. The lowest BCUT2D eigenvalue weighted by atomic mass is 10.1. The fourth-order valence-corrected chi connectivity index (χ4v) is 6.02. The van der Waals surface area contributed by atoms with Crippen LogP contribution in [0.4, 0.5) is 24.5 Å². The molecule has 262 valence electrons. The molecule has 2 saturated heterocycles. The summed E-state index contributed by atoms with van der Waals surface area (Å²) >= 11 is 6.43. The number of anilines is 1. The van der Waals surface area contributed by atoms with Crippen LogP contribution in [-0.4, -0.2) is 107 Å². The van der Waals surface area contributed by atoms with Gasteiger partial charge in [0.2, 0.25) is 5.91 Å². The van der Waals surface area contributed by atoms with Crippen molar-refractivity contribution in [3.63, 3.8) is 0 Å². The highest BCUT2D eigenvalue weighted by Crippen LogP contribution is 2.37. The number of piperazine rings is 1. The highest BCUT2D eigenvalue weighted by Gasteiger charge is 2.39. The number of aromatic nitrogens is 5. The molecule has 50 heavy (non-hydrogen) atoms. The molecule has 0 saturated carbocycles. The first-order valence-electron chi connectivity index (χ1n) is 15.1. The number of nitrogens with zero attached hydrogens (tertiary/aromatic N) is 8. The Hall–Kier alpha value is -5.40. The number of amides is 3. The molecule has 6 rings (SSSR count). The van der Waals surface area contributed by atoms with Gasteiger partial charge in [0.15, 0.2) is 17.3 Å². The van der Waals surface area contributed by atoms with E-state index in [1.165, 1.54) is 25.2 Å². The van der Waals surface area contributed by atoms with Crippen molar-refractivity contribution in [1.82, 2.24) is 39.4 Å². The van der Waals surface area contributed by atoms with Gasteiger partial charge in [0.05, 0.1) is 45.1 Å². The SMILES string of the molecule is Cn1c(-c2cn(-c3ccc([N+](=O)[O-])cn3)nc2C(F)(F)F)cnc1C(=O)Nc1ccc(C(=O)N2CCN(C(=O)[C@@H]3C[C@@H](O)CN3)CC2)c(Cl)c1. The largest absolute Gasteiger partial charge is 0.435 e. The van der Waals surface area contributed by atoms with Crippen LogP contribution in [0.1, 0.15) is 33.1 Å². The van der Waals surface area contributed by atoms with Gasteiger partial charge in [0.25, 0.3) is 17.5 Å². The highest BCUT2D eigenvalue weighted by molar-refractivity contribution is 6.34. The van der Waals surface area contributed by atoms with Crippen LogP contribution in [-0.2, 0) is 18.0 Å². The van der Waals surface area contributed by atoms with E-state index in [1.807, 2.05) is 0 Å². The Balaban J connectivity index is 1.14. The second-order valence-electron chi connectivity index (χ2n) is 11.6. The van der Waals surface area contributed by atoms with Crippen molar-refractivity contribution in [2.45, 2.75) is 24.7 Å². The van der Waals surface area contributed by atoms with Crippen molar-refractivity contribution < 1.29 is 37.6 Å². The van der Waals surface area contributed by atoms with Crippen LogP contribution < -0.4 is 10.6 Å². The average Bonchev–Trinajstić information content (AvgIpc) is 3.82. The van der Waals surface area contributed by atoms with Gasteiger partial charge in [-0.05, 0) is 30.7 Å². The number of β-amino-alcohol motifs (C(OH)–C–C–N with tert-alkyl or cyclic N) is 1. The number of alkyl halides is 3. The third-order valence-electron chi connectivity index (χ3n) is 8.37. The van der Waals surface area contributed by atoms with Crippen molar-refractivity contribution in [1.29, 1.82) is 0 Å². The van der Waals surface area contributed by atoms with Gasteiger partial charge in [-0.25, -0.2) is 14.6 Å². The summed E-state index contributed by atoms with van der Waals surface area (Å²) < 4.78 is 44.0. The van der Waals surface area contributed by atoms with E-state index in [0.29, 0.717) is 26.1 Å². The minimum absolute atomic E-state index is 0.0399. The molecule has 3 aromatic heterocycles. The van der Waals surface area contributed by atoms with Crippen molar-refractivity contribution in [2.75, 3.05) is 38.0 Å². The van der Waals surface area contributed by atoms with E-state index in [-0.39, 0.29) is 64.2 Å². The molecule has 20 heteroatoms. The topological polar surface area (TPSA) is 194 Å². The number of pyridine rings is 1. The number of halogens is 4. The molecule has 3 amide bonds. The predicted molar refractivity (Wildman–Crippen MR) is 170 cm³/mol. The number of aliphatic hydroxyl groups excluding tert-OH is 1. The Morgan fingerprint density at radius 1 is 1.08 bits per heavy atom. The Morgan fingerprint density at radius 3 is 2.40 bits per heavy atom. The second-order valence-corrected chi connectivity index (χ2v) is 12.0. The van der Waals surface area contributed by atoms with Gasteiger partial charge in [-0.3, -0.25) is 24.5 Å². The summed E-state index contributed by atoms with van der Waals surface area (Å²) in [5.41, 5.74) is -1.81. The van der Waals surface area contributed by atoms with Gasteiger partial charge in [-0.2, -0.15) is 18.3 Å². The van der Waals surface area contributed by atoms with Crippen LogP contribution in [0.2, 0.25) is 5.02 Å². The number of nitrogens with one attached hydrogen (secondary N) is 2. The van der Waals surface area contributed by atoms with Crippen molar-refractivity contribution in [3.8, 4) is 17.1 Å². The third kappa shape index (κ3) is 6.87. The summed E-state index contributed by atoms with van der Waals surface area (Å²) in [6, 6.07) is 6.00. The maximum absolute atomic E-state index is 14.0. The highest BCUT2D eigenvalue weighted by atomic mass is 35.5. The van der Waals surface area contributed by atoms with E-state index < -0.39 is 40.4 Å². The molecule has 0 aliphatic carbocycles. The first-order valence-corrected chi connectivity index (χ1v) is 15.5. The minimum Gasteiger partial charge on any atom is -0.392 e. The summed E-state index contributed by atoms with van der Waals surface area (Å²) in [5.74, 6) is -1.63. The molecule has 0 spiro atoms. The molecular weight excluding hydrogens is 689 g/mol. The van der Waals surface area contributed by atoms with Crippen LogP contribution in [0, 0.1) is 10.1 Å². The standard InChI is InChI=1S/C30H28ClF3N10O6/c1-40-23(20-15-43(39-25(20)30(32,33)34)24-5-3-17(12-36-24)44(49)50)14-37-26(40)27(46)38-16-2-4-19(21(31)10-16)28(47)41-6-8-42(9-7-41)29(48)22-11-18(45)13-35-22/h2-5,10,12,14-15,18,22,35,45H,6-9,11,13H2,1H3,(H,38,46)/t18-,22+/m1/s1. The molecule has 0 unspecified atom stereocenters.